The van der Waals surface area contributed by atoms with Gasteiger partial charge >= 0.3 is 0 Å². The van der Waals surface area contributed by atoms with Crippen molar-refractivity contribution in [1.82, 2.24) is 5.32 Å². The molecule has 1 N–H and O–H groups in total. The monoisotopic (exact) mass is 305 g/mol. The minimum absolute atomic E-state index is 0.0992. The molecule has 0 aliphatic carbocycles. The van der Waals surface area contributed by atoms with Crippen LogP contribution >= 0.6 is 11.6 Å². The Morgan fingerprint density at radius 1 is 1.53 bits per heavy atom. The molecule has 0 saturated carbocycles. The summed E-state index contributed by atoms with van der Waals surface area (Å²) in [6, 6.07) is 4.09. The number of hydrogen-bond donors (Lipinski definition) is 1. The minimum atomic E-state index is -2.99. The van der Waals surface area contributed by atoms with Gasteiger partial charge in [0.2, 0.25) is 0 Å². The van der Waals surface area contributed by atoms with E-state index in [1.54, 1.807) is 6.07 Å². The molecule has 106 valence electrons. The van der Waals surface area contributed by atoms with E-state index in [0.29, 0.717) is 23.6 Å². The van der Waals surface area contributed by atoms with Crippen molar-refractivity contribution in [3.8, 4) is 0 Å². The van der Waals surface area contributed by atoms with E-state index in [1.807, 2.05) is 6.92 Å². The van der Waals surface area contributed by atoms with Crippen molar-refractivity contribution in [3.63, 3.8) is 0 Å². The highest BCUT2D eigenvalue weighted by Crippen LogP contribution is 2.33. The number of nitrogens with one attached hydrogen (secondary N) is 1. The molecular formula is C13H17ClFNO2S. The van der Waals surface area contributed by atoms with Crippen molar-refractivity contribution in [2.45, 2.75) is 19.4 Å². The molecule has 1 aromatic carbocycles. The van der Waals surface area contributed by atoms with Gasteiger partial charge < -0.3 is 5.32 Å². The molecular weight excluding hydrogens is 289 g/mol. The van der Waals surface area contributed by atoms with E-state index in [2.05, 4.69) is 5.32 Å². The highest BCUT2D eigenvalue weighted by Gasteiger charge is 2.35. The van der Waals surface area contributed by atoms with E-state index < -0.39 is 9.84 Å². The lowest BCUT2D eigenvalue weighted by Gasteiger charge is -2.24. The van der Waals surface area contributed by atoms with Gasteiger partial charge in [-0.2, -0.15) is 0 Å². The van der Waals surface area contributed by atoms with E-state index >= 15 is 0 Å². The molecule has 0 bridgehead atoms. The highest BCUT2D eigenvalue weighted by atomic mass is 35.5. The summed E-state index contributed by atoms with van der Waals surface area (Å²) in [7, 11) is -2.99. The van der Waals surface area contributed by atoms with Crippen molar-refractivity contribution < 1.29 is 12.8 Å². The zero-order valence-corrected chi connectivity index (χ0v) is 12.3. The minimum Gasteiger partial charge on any atom is -0.310 e. The first-order valence-corrected chi connectivity index (χ1v) is 8.51. The van der Waals surface area contributed by atoms with Crippen LogP contribution in [-0.4, -0.2) is 26.5 Å². The van der Waals surface area contributed by atoms with Crippen molar-refractivity contribution >= 4 is 21.4 Å². The van der Waals surface area contributed by atoms with Crippen LogP contribution in [0.15, 0.2) is 18.2 Å². The first-order chi connectivity index (χ1) is 8.93. The van der Waals surface area contributed by atoms with Crippen LogP contribution in [0.2, 0.25) is 5.02 Å². The first-order valence-electron chi connectivity index (χ1n) is 6.31. The number of sulfone groups is 1. The molecule has 6 heteroatoms. The van der Waals surface area contributed by atoms with Gasteiger partial charge in [0.15, 0.2) is 9.84 Å². The van der Waals surface area contributed by atoms with Crippen LogP contribution < -0.4 is 5.32 Å². The second-order valence-electron chi connectivity index (χ2n) is 4.86. The Kier molecular flexibility index (Phi) is 4.48. The second kappa shape index (κ2) is 5.77. The molecule has 2 rings (SSSR count). The van der Waals surface area contributed by atoms with E-state index in [1.165, 1.54) is 12.1 Å². The van der Waals surface area contributed by atoms with Crippen molar-refractivity contribution in [1.29, 1.82) is 0 Å². The Morgan fingerprint density at radius 2 is 2.26 bits per heavy atom. The van der Waals surface area contributed by atoms with Gasteiger partial charge in [0.25, 0.3) is 0 Å². The van der Waals surface area contributed by atoms with Crippen molar-refractivity contribution in [3.05, 3.63) is 34.6 Å². The molecule has 0 radical (unpaired) electrons. The Bertz CT molecular complexity index is 562. The summed E-state index contributed by atoms with van der Waals surface area (Å²) in [6.07, 6.45) is 0.561. The number of benzene rings is 1. The zero-order chi connectivity index (χ0) is 14.0. The fourth-order valence-electron chi connectivity index (χ4n) is 2.59. The van der Waals surface area contributed by atoms with Gasteiger partial charge in [-0.15, -0.1) is 0 Å². The Labute approximate surface area is 118 Å². The maximum absolute atomic E-state index is 13.9. The normalized spacial score (nSPS) is 23.4. The van der Waals surface area contributed by atoms with E-state index in [4.69, 9.17) is 11.6 Å². The lowest BCUT2D eigenvalue weighted by molar-refractivity contribution is 0.387. The zero-order valence-electron chi connectivity index (χ0n) is 10.7. The average Bonchev–Trinajstić information content (AvgIpc) is 2.70. The number of halogens is 2. The lowest BCUT2D eigenvalue weighted by Crippen LogP contribution is -2.29. The molecule has 2 unspecified atom stereocenters. The molecule has 0 amide bonds. The van der Waals surface area contributed by atoms with Crippen molar-refractivity contribution in [2.75, 3.05) is 18.1 Å². The molecule has 3 nitrogen and oxygen atoms in total. The van der Waals surface area contributed by atoms with Gasteiger partial charge in [-0.05, 0) is 37.1 Å². The summed E-state index contributed by atoms with van der Waals surface area (Å²) in [4.78, 5) is 0. The lowest BCUT2D eigenvalue weighted by atomic mass is 9.92. The van der Waals surface area contributed by atoms with Gasteiger partial charge in [0, 0.05) is 16.6 Å². The van der Waals surface area contributed by atoms with E-state index in [-0.39, 0.29) is 29.3 Å². The number of rotatable bonds is 4. The third kappa shape index (κ3) is 3.46. The fraction of sp³-hybridized carbons (Fsp3) is 0.538. The van der Waals surface area contributed by atoms with Crippen LogP contribution in [-0.2, 0) is 9.84 Å². The van der Waals surface area contributed by atoms with Crippen LogP contribution in [0.5, 0.6) is 0 Å². The average molecular weight is 306 g/mol. The molecule has 0 spiro atoms. The quantitative estimate of drug-likeness (QED) is 0.930. The number of hydrogen-bond acceptors (Lipinski definition) is 3. The van der Waals surface area contributed by atoms with Crippen molar-refractivity contribution in [2.24, 2.45) is 5.92 Å². The standard InChI is InChI=1S/C13H17ClFNO2S/c1-2-16-13(9-5-6-19(17,18)8-9)11-7-10(14)3-4-12(11)15/h3-4,7,9,13,16H,2,5-6,8H2,1H3. The van der Waals surface area contributed by atoms with Gasteiger partial charge in [0.1, 0.15) is 5.82 Å². The SMILES string of the molecule is CCNC(c1cc(Cl)ccc1F)C1CCS(=O)(=O)C1. The smallest absolute Gasteiger partial charge is 0.150 e. The summed E-state index contributed by atoms with van der Waals surface area (Å²) in [5.41, 5.74) is 0.455. The predicted molar refractivity (Wildman–Crippen MR) is 74.6 cm³/mol. The molecule has 1 fully saturated rings. The summed E-state index contributed by atoms with van der Waals surface area (Å²) < 4.78 is 37.1. The second-order valence-corrected chi connectivity index (χ2v) is 7.53. The molecule has 0 aromatic heterocycles. The molecule has 1 aliphatic rings. The summed E-state index contributed by atoms with van der Waals surface area (Å²) in [5, 5.41) is 3.64. The fourth-order valence-corrected chi connectivity index (χ4v) is 4.61. The topological polar surface area (TPSA) is 46.2 Å². The van der Waals surface area contributed by atoms with Gasteiger partial charge in [0.05, 0.1) is 11.5 Å². The van der Waals surface area contributed by atoms with Crippen LogP contribution in [0.25, 0.3) is 0 Å². The summed E-state index contributed by atoms with van der Waals surface area (Å²) in [5.74, 6) is -0.157. The highest BCUT2D eigenvalue weighted by molar-refractivity contribution is 7.91. The van der Waals surface area contributed by atoms with Gasteiger partial charge in [-0.25, -0.2) is 12.8 Å². The molecule has 2 atom stereocenters. The van der Waals surface area contributed by atoms with E-state index in [0.717, 1.165) is 0 Å². The molecule has 1 saturated heterocycles. The van der Waals surface area contributed by atoms with Gasteiger partial charge in [-0.1, -0.05) is 18.5 Å². The van der Waals surface area contributed by atoms with Crippen LogP contribution in [0, 0.1) is 11.7 Å². The van der Waals surface area contributed by atoms with Gasteiger partial charge in [-0.3, -0.25) is 0 Å². The summed E-state index contributed by atoms with van der Waals surface area (Å²) >= 11 is 5.91. The summed E-state index contributed by atoms with van der Waals surface area (Å²) in [6.45, 7) is 2.56. The van der Waals surface area contributed by atoms with Crippen LogP contribution in [0.3, 0.4) is 0 Å². The molecule has 1 aromatic rings. The molecule has 19 heavy (non-hydrogen) atoms. The molecule has 1 aliphatic heterocycles. The largest absolute Gasteiger partial charge is 0.310 e. The van der Waals surface area contributed by atoms with Crippen LogP contribution in [0.1, 0.15) is 24.9 Å². The van der Waals surface area contributed by atoms with E-state index in [9.17, 15) is 12.8 Å². The first kappa shape index (κ1) is 14.8. The van der Waals surface area contributed by atoms with Crippen LogP contribution in [0.4, 0.5) is 4.39 Å². The predicted octanol–water partition coefficient (Wildman–Crippen LogP) is 2.56. The Balaban J connectivity index is 2.32. The Morgan fingerprint density at radius 3 is 2.84 bits per heavy atom. The Hall–Kier alpha value is -0.650. The third-order valence-corrected chi connectivity index (χ3v) is 5.49. The third-order valence-electron chi connectivity index (χ3n) is 3.46. The molecule has 1 heterocycles. The maximum Gasteiger partial charge on any atom is 0.150 e. The maximum atomic E-state index is 13.9.